The summed E-state index contributed by atoms with van der Waals surface area (Å²) < 4.78 is 0. The molecule has 0 radical (unpaired) electrons. The number of unbranched alkanes of at least 4 members (excludes halogenated alkanes) is 2. The second-order valence-corrected chi connectivity index (χ2v) is 6.54. The maximum atomic E-state index is 12.6. The second-order valence-electron chi connectivity index (χ2n) is 5.53. The number of rotatable bonds is 7. The molecule has 1 aromatic rings. The molecule has 1 aliphatic rings. The zero-order chi connectivity index (χ0) is 16.7. The fraction of sp³-hybridized carbons (Fsp3) is 0.444. The van der Waals surface area contributed by atoms with Gasteiger partial charge in [-0.3, -0.25) is 14.7 Å². The summed E-state index contributed by atoms with van der Waals surface area (Å²) in [7, 11) is 0. The Morgan fingerprint density at radius 1 is 1.26 bits per heavy atom. The smallest absolute Gasteiger partial charge is 0.266 e. The molecule has 23 heavy (non-hydrogen) atoms. The maximum Gasteiger partial charge on any atom is 0.266 e. The number of amidine groups is 1. The molecule has 0 aliphatic carbocycles. The average molecular weight is 332 g/mol. The summed E-state index contributed by atoms with van der Waals surface area (Å²) in [6.45, 7) is 5.72. The van der Waals surface area contributed by atoms with Gasteiger partial charge in [-0.15, -0.1) is 0 Å². The molecule has 0 bridgehead atoms. The van der Waals surface area contributed by atoms with Gasteiger partial charge >= 0.3 is 0 Å². The lowest BCUT2D eigenvalue weighted by Gasteiger charge is -2.14. The van der Waals surface area contributed by atoms with Crippen LogP contribution < -0.4 is 0 Å². The Morgan fingerprint density at radius 3 is 2.74 bits per heavy atom. The van der Waals surface area contributed by atoms with Gasteiger partial charge in [0.2, 0.25) is 0 Å². The van der Waals surface area contributed by atoms with Crippen molar-refractivity contribution < 1.29 is 9.90 Å². The largest absolute Gasteiger partial charge is 0.508 e. The van der Waals surface area contributed by atoms with Crippen molar-refractivity contribution in [1.29, 1.82) is 0 Å². The molecular weight excluding hydrogens is 308 g/mol. The molecule has 1 heterocycles. The van der Waals surface area contributed by atoms with Gasteiger partial charge in [-0.1, -0.05) is 38.8 Å². The summed E-state index contributed by atoms with van der Waals surface area (Å²) >= 11 is 1.43. The lowest BCUT2D eigenvalue weighted by atomic mass is 10.2. The van der Waals surface area contributed by atoms with Crippen LogP contribution in [0.25, 0.3) is 6.08 Å². The fourth-order valence-electron chi connectivity index (χ4n) is 2.24. The lowest BCUT2D eigenvalue weighted by molar-refractivity contribution is -0.122. The van der Waals surface area contributed by atoms with Crippen molar-refractivity contribution in [3.05, 3.63) is 34.7 Å². The van der Waals surface area contributed by atoms with Crippen molar-refractivity contribution in [3.8, 4) is 5.75 Å². The normalized spacial score (nSPS) is 18.3. The van der Waals surface area contributed by atoms with Crippen LogP contribution >= 0.6 is 11.8 Å². The average Bonchev–Trinajstić information content (AvgIpc) is 2.81. The molecule has 0 aromatic heterocycles. The molecule has 0 saturated carbocycles. The minimum absolute atomic E-state index is 0.0158. The van der Waals surface area contributed by atoms with Crippen LogP contribution in [0.4, 0.5) is 0 Å². The van der Waals surface area contributed by atoms with E-state index in [0.717, 1.165) is 43.0 Å². The minimum atomic E-state index is 0.0158. The van der Waals surface area contributed by atoms with E-state index in [2.05, 4.69) is 18.8 Å². The van der Waals surface area contributed by atoms with E-state index in [-0.39, 0.29) is 11.7 Å². The van der Waals surface area contributed by atoms with E-state index in [1.54, 1.807) is 23.1 Å². The van der Waals surface area contributed by atoms with Crippen molar-refractivity contribution in [2.45, 2.75) is 39.5 Å². The summed E-state index contributed by atoms with van der Waals surface area (Å²) in [6, 6.07) is 6.93. The molecular formula is C18H24N2O2S. The molecule has 2 rings (SSSR count). The van der Waals surface area contributed by atoms with Crippen LogP contribution in [0.2, 0.25) is 0 Å². The Labute approximate surface area is 142 Å². The molecule has 1 amide bonds. The van der Waals surface area contributed by atoms with E-state index in [4.69, 9.17) is 0 Å². The van der Waals surface area contributed by atoms with E-state index in [1.807, 2.05) is 12.1 Å². The molecule has 0 unspecified atom stereocenters. The van der Waals surface area contributed by atoms with Crippen molar-refractivity contribution in [1.82, 2.24) is 4.90 Å². The number of phenols is 1. The molecule has 0 atom stereocenters. The van der Waals surface area contributed by atoms with Crippen LogP contribution in [0, 0.1) is 0 Å². The van der Waals surface area contributed by atoms with Gasteiger partial charge in [-0.05, 0) is 48.4 Å². The monoisotopic (exact) mass is 332 g/mol. The van der Waals surface area contributed by atoms with E-state index in [9.17, 15) is 9.90 Å². The van der Waals surface area contributed by atoms with Gasteiger partial charge < -0.3 is 5.11 Å². The third kappa shape index (κ3) is 4.86. The van der Waals surface area contributed by atoms with Gasteiger partial charge in [0, 0.05) is 13.1 Å². The SMILES string of the molecule is CCCCN=C1S/C(=C\c2cccc(O)c2)C(=O)N1CCCC. The third-order valence-corrected chi connectivity index (χ3v) is 4.59. The van der Waals surface area contributed by atoms with E-state index >= 15 is 0 Å². The van der Waals surface area contributed by atoms with Crippen LogP contribution in [-0.2, 0) is 4.79 Å². The van der Waals surface area contributed by atoms with Gasteiger partial charge in [0.05, 0.1) is 4.91 Å². The molecule has 5 heteroatoms. The number of phenolic OH excluding ortho intramolecular Hbond substituents is 1. The minimum Gasteiger partial charge on any atom is -0.508 e. The Bertz CT molecular complexity index is 611. The van der Waals surface area contributed by atoms with Crippen LogP contribution in [-0.4, -0.2) is 34.2 Å². The standard InChI is InChI=1S/C18H24N2O2S/c1-3-5-10-19-18-20(11-6-4-2)17(22)16(23-18)13-14-8-7-9-15(21)12-14/h7-9,12-13,21H,3-6,10-11H2,1-2H3/b16-13-,19-18?. The Balaban J connectivity index is 2.21. The number of aliphatic imine (C=N–C) groups is 1. The number of nitrogens with zero attached hydrogens (tertiary/aromatic N) is 2. The summed E-state index contributed by atoms with van der Waals surface area (Å²) in [5.41, 5.74) is 0.825. The number of thioether (sulfide) groups is 1. The lowest BCUT2D eigenvalue weighted by Crippen LogP contribution is -2.30. The summed E-state index contributed by atoms with van der Waals surface area (Å²) in [5, 5.41) is 10.4. The van der Waals surface area contributed by atoms with Gasteiger partial charge in [-0.2, -0.15) is 0 Å². The summed E-state index contributed by atoms with van der Waals surface area (Å²) in [4.78, 5) is 19.7. The second kappa shape index (κ2) is 8.77. The molecule has 1 fully saturated rings. The maximum absolute atomic E-state index is 12.6. The first kappa shape index (κ1) is 17.6. The highest BCUT2D eigenvalue weighted by molar-refractivity contribution is 8.18. The molecule has 0 spiro atoms. The van der Waals surface area contributed by atoms with Crippen LogP contribution in [0.1, 0.15) is 45.1 Å². The highest BCUT2D eigenvalue weighted by atomic mass is 32.2. The quantitative estimate of drug-likeness (QED) is 0.599. The number of hydrogen-bond acceptors (Lipinski definition) is 4. The molecule has 1 saturated heterocycles. The van der Waals surface area contributed by atoms with Gasteiger partial charge in [0.15, 0.2) is 5.17 Å². The molecule has 1 N–H and O–H groups in total. The van der Waals surface area contributed by atoms with Gasteiger partial charge in [-0.25, -0.2) is 0 Å². The van der Waals surface area contributed by atoms with Crippen LogP contribution in [0.3, 0.4) is 0 Å². The Morgan fingerprint density at radius 2 is 2.04 bits per heavy atom. The van der Waals surface area contributed by atoms with E-state index < -0.39 is 0 Å². The Hall–Kier alpha value is -1.75. The summed E-state index contributed by atoms with van der Waals surface area (Å²) in [6.07, 6.45) is 5.97. The Kier molecular flexibility index (Phi) is 6.71. The third-order valence-electron chi connectivity index (χ3n) is 3.55. The zero-order valence-electron chi connectivity index (χ0n) is 13.8. The van der Waals surface area contributed by atoms with Crippen molar-refractivity contribution in [2.75, 3.05) is 13.1 Å². The van der Waals surface area contributed by atoms with Crippen molar-refractivity contribution >= 4 is 28.9 Å². The highest BCUT2D eigenvalue weighted by Crippen LogP contribution is 2.33. The number of carbonyl (C=O) groups excluding carboxylic acids is 1. The first-order valence-electron chi connectivity index (χ1n) is 8.20. The topological polar surface area (TPSA) is 52.9 Å². The predicted octanol–water partition coefficient (Wildman–Crippen LogP) is 4.26. The number of hydrogen-bond donors (Lipinski definition) is 1. The van der Waals surface area contributed by atoms with Crippen LogP contribution in [0.5, 0.6) is 5.75 Å². The number of amides is 1. The van der Waals surface area contributed by atoms with Crippen molar-refractivity contribution in [2.24, 2.45) is 4.99 Å². The number of carbonyl (C=O) groups is 1. The van der Waals surface area contributed by atoms with E-state index in [0.29, 0.717) is 11.4 Å². The van der Waals surface area contributed by atoms with Crippen LogP contribution in [0.15, 0.2) is 34.2 Å². The zero-order valence-corrected chi connectivity index (χ0v) is 14.6. The van der Waals surface area contributed by atoms with Crippen molar-refractivity contribution in [3.63, 3.8) is 0 Å². The van der Waals surface area contributed by atoms with Gasteiger partial charge in [0.1, 0.15) is 5.75 Å². The first-order chi connectivity index (χ1) is 11.2. The predicted molar refractivity (Wildman–Crippen MR) is 97.5 cm³/mol. The first-order valence-corrected chi connectivity index (χ1v) is 9.02. The van der Waals surface area contributed by atoms with E-state index in [1.165, 1.54) is 11.8 Å². The molecule has 1 aliphatic heterocycles. The molecule has 1 aromatic carbocycles. The summed E-state index contributed by atoms with van der Waals surface area (Å²) in [5.74, 6) is 0.219. The highest BCUT2D eigenvalue weighted by Gasteiger charge is 2.32. The molecule has 4 nitrogen and oxygen atoms in total. The fourth-order valence-corrected chi connectivity index (χ4v) is 3.27. The number of benzene rings is 1. The van der Waals surface area contributed by atoms with Gasteiger partial charge in [0.25, 0.3) is 5.91 Å². The molecule has 124 valence electrons. The number of aromatic hydroxyl groups is 1.